The Hall–Kier alpha value is -3.10. The van der Waals surface area contributed by atoms with Crippen LogP contribution in [0.3, 0.4) is 0 Å². The summed E-state index contributed by atoms with van der Waals surface area (Å²) in [5, 5.41) is 0.209. The number of hydrogen-bond donors (Lipinski definition) is 0. The molecule has 1 amide bonds. The van der Waals surface area contributed by atoms with Gasteiger partial charge in [-0.25, -0.2) is 9.78 Å². The van der Waals surface area contributed by atoms with E-state index in [0.717, 1.165) is 12.8 Å². The first-order valence-electron chi connectivity index (χ1n) is 10.9. The van der Waals surface area contributed by atoms with Crippen LogP contribution in [0.25, 0.3) is 0 Å². The summed E-state index contributed by atoms with van der Waals surface area (Å²) in [6.07, 6.45) is 1.60. The maximum absolute atomic E-state index is 13.6. The van der Waals surface area contributed by atoms with Crippen LogP contribution in [0.1, 0.15) is 48.1 Å². The van der Waals surface area contributed by atoms with Gasteiger partial charge in [0.05, 0.1) is 25.6 Å². The van der Waals surface area contributed by atoms with Crippen molar-refractivity contribution in [3.05, 3.63) is 75.2 Å². The van der Waals surface area contributed by atoms with E-state index in [2.05, 4.69) is 17.1 Å². The van der Waals surface area contributed by atoms with E-state index in [-0.39, 0.29) is 24.8 Å². The summed E-state index contributed by atoms with van der Waals surface area (Å²) < 4.78 is 15.8. The third kappa shape index (κ3) is 5.51. The van der Waals surface area contributed by atoms with Gasteiger partial charge >= 0.3 is 5.97 Å². The Morgan fingerprint density at radius 1 is 1.18 bits per heavy atom. The predicted molar refractivity (Wildman–Crippen MR) is 130 cm³/mol. The average Bonchev–Trinajstić information content (AvgIpc) is 3.31. The molecule has 1 aliphatic rings. The van der Waals surface area contributed by atoms with Crippen molar-refractivity contribution < 1.29 is 23.8 Å². The lowest BCUT2D eigenvalue weighted by Gasteiger charge is -2.22. The normalized spacial score (nSPS) is 14.8. The standard InChI is InChI=1S/C25H25ClN2O5S/c1-31-18-11-17(12-19(13-18)32-2)24(29)28(10-6-9-16-7-4-3-5-8-16)14-21-27-22-23(34-21)20(26)15-33-25(22)30/h3-5,7-8,11-13,20H,6,9-10,14-15H2,1-2H3. The molecular weight excluding hydrogens is 476 g/mol. The molecular formula is C25H25ClN2O5S. The molecule has 1 atom stereocenters. The van der Waals surface area contributed by atoms with Crippen molar-refractivity contribution in [2.75, 3.05) is 27.4 Å². The number of amides is 1. The van der Waals surface area contributed by atoms with Gasteiger partial charge in [-0.05, 0) is 30.5 Å². The number of methoxy groups -OCH3 is 2. The molecule has 0 N–H and O–H groups in total. The zero-order valence-electron chi connectivity index (χ0n) is 19.0. The van der Waals surface area contributed by atoms with Crippen LogP contribution >= 0.6 is 22.9 Å². The van der Waals surface area contributed by atoms with E-state index < -0.39 is 11.3 Å². The number of ether oxygens (including phenoxy) is 3. The number of carbonyl (C=O) groups is 2. The van der Waals surface area contributed by atoms with Gasteiger partial charge in [0.15, 0.2) is 5.69 Å². The fraction of sp³-hybridized carbons (Fsp3) is 0.320. The highest BCUT2D eigenvalue weighted by molar-refractivity contribution is 7.12. The summed E-state index contributed by atoms with van der Waals surface area (Å²) in [5.74, 6) is 0.408. The van der Waals surface area contributed by atoms with Crippen LogP contribution in [0.2, 0.25) is 0 Å². The molecule has 1 aliphatic heterocycles. The molecule has 0 radical (unpaired) electrons. The van der Waals surface area contributed by atoms with Gasteiger partial charge in [0.25, 0.3) is 5.91 Å². The second-order valence-electron chi connectivity index (χ2n) is 7.80. The maximum Gasteiger partial charge on any atom is 0.358 e. The van der Waals surface area contributed by atoms with Gasteiger partial charge in [0, 0.05) is 18.2 Å². The van der Waals surface area contributed by atoms with Crippen LogP contribution in [0.4, 0.5) is 0 Å². The van der Waals surface area contributed by atoms with Gasteiger partial charge in [-0.2, -0.15) is 0 Å². The highest BCUT2D eigenvalue weighted by atomic mass is 35.5. The molecule has 0 saturated carbocycles. The molecule has 4 rings (SSSR count). The van der Waals surface area contributed by atoms with Crippen LogP contribution in [0.15, 0.2) is 48.5 Å². The molecule has 7 nitrogen and oxygen atoms in total. The van der Waals surface area contributed by atoms with Gasteiger partial charge in [-0.3, -0.25) is 4.79 Å². The Bertz CT molecular complexity index is 1150. The molecule has 0 spiro atoms. The number of aryl methyl sites for hydroxylation is 1. The first kappa shape index (κ1) is 24.0. The van der Waals surface area contributed by atoms with Crippen LogP contribution < -0.4 is 9.47 Å². The van der Waals surface area contributed by atoms with E-state index in [1.54, 1.807) is 37.3 Å². The van der Waals surface area contributed by atoms with Gasteiger partial charge < -0.3 is 19.1 Å². The third-order valence-electron chi connectivity index (χ3n) is 5.48. The fourth-order valence-electron chi connectivity index (χ4n) is 3.74. The summed E-state index contributed by atoms with van der Waals surface area (Å²) in [5.41, 5.74) is 1.90. The van der Waals surface area contributed by atoms with Crippen molar-refractivity contribution >= 4 is 34.8 Å². The summed E-state index contributed by atoms with van der Waals surface area (Å²) >= 11 is 7.67. The zero-order valence-corrected chi connectivity index (χ0v) is 20.5. The smallest absolute Gasteiger partial charge is 0.358 e. The molecule has 0 aliphatic carbocycles. The number of hydrogen-bond acceptors (Lipinski definition) is 7. The molecule has 0 bridgehead atoms. The van der Waals surface area contributed by atoms with Crippen molar-refractivity contribution in [2.24, 2.45) is 0 Å². The predicted octanol–water partition coefficient (Wildman–Crippen LogP) is 4.89. The summed E-state index contributed by atoms with van der Waals surface area (Å²) in [7, 11) is 3.09. The molecule has 34 heavy (non-hydrogen) atoms. The molecule has 2 aromatic carbocycles. The number of carbonyl (C=O) groups excluding carboxylic acids is 2. The monoisotopic (exact) mass is 500 g/mol. The minimum atomic E-state index is -0.478. The largest absolute Gasteiger partial charge is 0.497 e. The van der Waals surface area contributed by atoms with E-state index in [1.165, 1.54) is 16.9 Å². The quantitative estimate of drug-likeness (QED) is 0.307. The second kappa shape index (κ2) is 10.9. The number of nitrogens with zero attached hydrogens (tertiary/aromatic N) is 2. The van der Waals surface area contributed by atoms with E-state index in [0.29, 0.717) is 33.5 Å². The maximum atomic E-state index is 13.6. The zero-order chi connectivity index (χ0) is 24.1. The average molecular weight is 501 g/mol. The minimum absolute atomic E-state index is 0.123. The molecule has 1 aromatic heterocycles. The van der Waals surface area contributed by atoms with Gasteiger partial charge in [-0.15, -0.1) is 22.9 Å². The molecule has 178 valence electrons. The minimum Gasteiger partial charge on any atom is -0.497 e. The molecule has 1 unspecified atom stereocenters. The van der Waals surface area contributed by atoms with Crippen LogP contribution in [-0.2, 0) is 17.7 Å². The highest BCUT2D eigenvalue weighted by Gasteiger charge is 2.31. The fourth-order valence-corrected chi connectivity index (χ4v) is 5.08. The number of rotatable bonds is 9. The summed E-state index contributed by atoms with van der Waals surface area (Å²) in [6, 6.07) is 15.2. The Labute approximate surface area is 207 Å². The Morgan fingerprint density at radius 3 is 2.53 bits per heavy atom. The number of fused-ring (bicyclic) bond motifs is 1. The van der Waals surface area contributed by atoms with Crippen molar-refractivity contribution in [1.29, 1.82) is 0 Å². The second-order valence-corrected chi connectivity index (χ2v) is 9.45. The van der Waals surface area contributed by atoms with E-state index >= 15 is 0 Å². The SMILES string of the molecule is COc1cc(OC)cc(C(=O)N(CCCc2ccccc2)Cc2nc3c(s2)C(Cl)COC3=O)c1. The first-order valence-corrected chi connectivity index (χ1v) is 12.1. The summed E-state index contributed by atoms with van der Waals surface area (Å²) in [4.78, 5) is 32.6. The lowest BCUT2D eigenvalue weighted by Crippen LogP contribution is -2.32. The Morgan fingerprint density at radius 2 is 1.88 bits per heavy atom. The van der Waals surface area contributed by atoms with E-state index in [4.69, 9.17) is 25.8 Å². The summed E-state index contributed by atoms with van der Waals surface area (Å²) in [6.45, 7) is 0.881. The van der Waals surface area contributed by atoms with Crippen LogP contribution in [-0.4, -0.2) is 49.1 Å². The number of esters is 1. The van der Waals surface area contributed by atoms with E-state index in [9.17, 15) is 9.59 Å². The van der Waals surface area contributed by atoms with Gasteiger partial charge in [0.2, 0.25) is 0 Å². The third-order valence-corrected chi connectivity index (χ3v) is 7.11. The lowest BCUT2D eigenvalue weighted by atomic mass is 10.1. The van der Waals surface area contributed by atoms with Crippen molar-refractivity contribution in [2.45, 2.75) is 24.8 Å². The van der Waals surface area contributed by atoms with Gasteiger partial charge in [0.1, 0.15) is 28.5 Å². The number of alkyl halides is 1. The first-order chi connectivity index (χ1) is 16.5. The molecule has 9 heteroatoms. The number of cyclic esters (lactones) is 1. The molecule has 0 saturated heterocycles. The lowest BCUT2D eigenvalue weighted by molar-refractivity contribution is 0.0468. The molecule has 0 fully saturated rings. The number of halogens is 1. The van der Waals surface area contributed by atoms with Crippen molar-refractivity contribution in [1.82, 2.24) is 9.88 Å². The topological polar surface area (TPSA) is 78.0 Å². The number of aromatic nitrogens is 1. The Balaban J connectivity index is 1.58. The van der Waals surface area contributed by atoms with Crippen molar-refractivity contribution in [3.8, 4) is 11.5 Å². The molecule has 2 heterocycles. The number of thiazole rings is 1. The van der Waals surface area contributed by atoms with Crippen LogP contribution in [0, 0.1) is 0 Å². The van der Waals surface area contributed by atoms with E-state index in [1.807, 2.05) is 18.2 Å². The number of benzene rings is 2. The van der Waals surface area contributed by atoms with Crippen molar-refractivity contribution in [3.63, 3.8) is 0 Å². The highest BCUT2D eigenvalue weighted by Crippen LogP contribution is 2.35. The van der Waals surface area contributed by atoms with Gasteiger partial charge in [-0.1, -0.05) is 30.3 Å². The molecule has 3 aromatic rings. The van der Waals surface area contributed by atoms with Crippen LogP contribution in [0.5, 0.6) is 11.5 Å². The Kier molecular flexibility index (Phi) is 7.70.